The zero-order chi connectivity index (χ0) is 21.3. The molecule has 0 spiro atoms. The first-order chi connectivity index (χ1) is 13.7. The van der Waals surface area contributed by atoms with E-state index in [0.29, 0.717) is 22.8 Å². The number of anilines is 1. The van der Waals surface area contributed by atoms with Gasteiger partial charge in [0.2, 0.25) is 0 Å². The van der Waals surface area contributed by atoms with Crippen LogP contribution in [0.2, 0.25) is 0 Å². The van der Waals surface area contributed by atoms with Crippen molar-refractivity contribution in [1.82, 2.24) is 9.97 Å². The van der Waals surface area contributed by atoms with Gasteiger partial charge < -0.3 is 10.1 Å². The Balaban J connectivity index is 1.73. The Hall–Kier alpha value is -3.49. The molecule has 6 nitrogen and oxygen atoms in total. The lowest BCUT2D eigenvalue weighted by atomic mass is 10.2. The largest absolute Gasteiger partial charge is 0.449 e. The van der Waals surface area contributed by atoms with E-state index in [4.69, 9.17) is 4.74 Å². The number of nitrogens with zero attached hydrogens (tertiary/aromatic N) is 2. The monoisotopic (exact) mass is 403 g/mol. The molecule has 0 fully saturated rings. The number of aromatic nitrogens is 2. The van der Waals surface area contributed by atoms with E-state index in [9.17, 15) is 22.8 Å². The van der Waals surface area contributed by atoms with Gasteiger partial charge in [-0.2, -0.15) is 0 Å². The summed E-state index contributed by atoms with van der Waals surface area (Å²) >= 11 is 0. The molecule has 0 unspecified atom stereocenters. The average Bonchev–Trinajstić information content (AvgIpc) is 2.68. The normalized spacial score (nSPS) is 11.9. The van der Waals surface area contributed by atoms with E-state index in [1.165, 1.54) is 19.1 Å². The van der Waals surface area contributed by atoms with Crippen molar-refractivity contribution in [3.05, 3.63) is 64.7 Å². The number of aryl methyl sites for hydroxylation is 2. The molecule has 0 aliphatic carbocycles. The summed E-state index contributed by atoms with van der Waals surface area (Å²) in [5.41, 5.74) is 2.15. The Labute approximate surface area is 163 Å². The summed E-state index contributed by atoms with van der Waals surface area (Å²) in [6.45, 7) is 4.87. The Bertz CT molecular complexity index is 1130. The predicted molar refractivity (Wildman–Crippen MR) is 98.8 cm³/mol. The summed E-state index contributed by atoms with van der Waals surface area (Å²) in [6.07, 6.45) is -1.32. The quantitative estimate of drug-likeness (QED) is 0.529. The van der Waals surface area contributed by atoms with E-state index >= 15 is 0 Å². The number of rotatable bonds is 4. The van der Waals surface area contributed by atoms with Gasteiger partial charge in [-0.25, -0.2) is 27.9 Å². The fourth-order valence-corrected chi connectivity index (χ4v) is 2.50. The Kier molecular flexibility index (Phi) is 5.49. The number of ether oxygens (including phenoxy) is 1. The third-order valence-electron chi connectivity index (χ3n) is 4.26. The van der Waals surface area contributed by atoms with Crippen LogP contribution in [0.1, 0.15) is 28.7 Å². The highest BCUT2D eigenvalue weighted by Crippen LogP contribution is 2.20. The van der Waals surface area contributed by atoms with Gasteiger partial charge in [-0.05, 0) is 51.1 Å². The van der Waals surface area contributed by atoms with Crippen molar-refractivity contribution in [3.63, 3.8) is 0 Å². The Morgan fingerprint density at radius 3 is 2.31 bits per heavy atom. The second-order valence-electron chi connectivity index (χ2n) is 6.36. The van der Waals surface area contributed by atoms with Gasteiger partial charge in [0, 0.05) is 0 Å². The maximum absolute atomic E-state index is 13.7. The number of halogens is 3. The van der Waals surface area contributed by atoms with E-state index in [2.05, 4.69) is 15.3 Å². The van der Waals surface area contributed by atoms with Crippen LogP contribution in [0.15, 0.2) is 30.3 Å². The van der Waals surface area contributed by atoms with E-state index in [1.807, 2.05) is 6.92 Å². The molecule has 9 heteroatoms. The molecule has 1 N–H and O–H groups in total. The minimum Gasteiger partial charge on any atom is -0.449 e. The summed E-state index contributed by atoms with van der Waals surface area (Å²) in [5.74, 6) is -6.36. The van der Waals surface area contributed by atoms with Crippen molar-refractivity contribution in [2.75, 3.05) is 5.32 Å². The lowest BCUT2D eigenvalue weighted by molar-refractivity contribution is -0.123. The number of nitrogens with one attached hydrogen (secondary N) is 1. The lowest BCUT2D eigenvalue weighted by Crippen LogP contribution is -2.30. The summed E-state index contributed by atoms with van der Waals surface area (Å²) in [5, 5.41) is 2.06. The van der Waals surface area contributed by atoms with Gasteiger partial charge in [0.05, 0.1) is 33.7 Å². The van der Waals surface area contributed by atoms with Gasteiger partial charge in [0.15, 0.2) is 23.6 Å². The first kappa shape index (κ1) is 20.2. The lowest BCUT2D eigenvalue weighted by Gasteiger charge is -2.14. The van der Waals surface area contributed by atoms with Gasteiger partial charge in [-0.1, -0.05) is 0 Å². The number of esters is 1. The Morgan fingerprint density at radius 1 is 0.966 bits per heavy atom. The number of hydrogen-bond donors (Lipinski definition) is 1. The van der Waals surface area contributed by atoms with Crippen molar-refractivity contribution in [3.8, 4) is 0 Å². The second-order valence-corrected chi connectivity index (χ2v) is 6.36. The molecule has 0 aliphatic rings. The number of benzene rings is 2. The molecule has 0 saturated heterocycles. The van der Waals surface area contributed by atoms with E-state index in [1.54, 1.807) is 13.0 Å². The summed E-state index contributed by atoms with van der Waals surface area (Å²) in [7, 11) is 0. The first-order valence-corrected chi connectivity index (χ1v) is 8.57. The van der Waals surface area contributed by atoms with Gasteiger partial charge in [0.25, 0.3) is 5.91 Å². The van der Waals surface area contributed by atoms with Gasteiger partial charge in [-0.15, -0.1) is 0 Å². The minimum atomic E-state index is -1.71. The molecule has 150 valence electrons. The van der Waals surface area contributed by atoms with Crippen LogP contribution in [-0.4, -0.2) is 27.9 Å². The molecule has 1 heterocycles. The van der Waals surface area contributed by atoms with Gasteiger partial charge in [0.1, 0.15) is 0 Å². The van der Waals surface area contributed by atoms with Crippen LogP contribution in [0.4, 0.5) is 18.9 Å². The number of amides is 1. The maximum atomic E-state index is 13.7. The fraction of sp³-hybridized carbons (Fsp3) is 0.200. The number of carbonyl (C=O) groups excluding carboxylic acids is 2. The molecule has 1 atom stereocenters. The van der Waals surface area contributed by atoms with Crippen molar-refractivity contribution < 1.29 is 27.5 Å². The van der Waals surface area contributed by atoms with Crippen LogP contribution >= 0.6 is 0 Å². The van der Waals surface area contributed by atoms with Crippen LogP contribution in [0.25, 0.3) is 11.0 Å². The highest BCUT2D eigenvalue weighted by atomic mass is 19.2. The van der Waals surface area contributed by atoms with Crippen molar-refractivity contribution in [2.45, 2.75) is 26.9 Å². The summed E-state index contributed by atoms with van der Waals surface area (Å²) < 4.78 is 45.0. The molecule has 1 aromatic heterocycles. The SMILES string of the molecule is Cc1nc2ccc(C(=O)O[C@@H](C)C(=O)Nc3ccc(F)c(F)c3F)cc2nc1C. The molecule has 0 bridgehead atoms. The fourth-order valence-electron chi connectivity index (χ4n) is 2.50. The molecule has 1 amide bonds. The molecule has 0 radical (unpaired) electrons. The zero-order valence-electron chi connectivity index (χ0n) is 15.7. The highest BCUT2D eigenvalue weighted by Gasteiger charge is 2.22. The van der Waals surface area contributed by atoms with E-state index < -0.39 is 41.1 Å². The standard InChI is InChI=1S/C20H16F3N3O3/c1-9-10(2)25-16-8-12(4-6-14(16)24-9)20(28)29-11(3)19(27)26-15-7-5-13(21)17(22)18(15)23/h4-8,11H,1-3H3,(H,26,27)/t11-/m0/s1. The molecular weight excluding hydrogens is 387 g/mol. The van der Waals surface area contributed by atoms with Crippen LogP contribution < -0.4 is 5.32 Å². The molecular formula is C20H16F3N3O3. The number of hydrogen-bond acceptors (Lipinski definition) is 5. The predicted octanol–water partition coefficient (Wildman–Crippen LogP) is 3.85. The molecule has 3 rings (SSSR count). The van der Waals surface area contributed by atoms with Crippen LogP contribution in [0, 0.1) is 31.3 Å². The summed E-state index contributed by atoms with van der Waals surface area (Å²) in [6, 6.07) is 6.11. The highest BCUT2D eigenvalue weighted by molar-refractivity contribution is 5.98. The topological polar surface area (TPSA) is 81.2 Å². The zero-order valence-corrected chi connectivity index (χ0v) is 15.7. The van der Waals surface area contributed by atoms with Crippen molar-refractivity contribution in [2.24, 2.45) is 0 Å². The third-order valence-corrected chi connectivity index (χ3v) is 4.26. The molecule has 3 aromatic rings. The van der Waals surface area contributed by atoms with Crippen molar-refractivity contribution >= 4 is 28.6 Å². The van der Waals surface area contributed by atoms with Gasteiger partial charge >= 0.3 is 5.97 Å². The molecule has 2 aromatic carbocycles. The number of fused-ring (bicyclic) bond motifs is 1. The Morgan fingerprint density at radius 2 is 1.62 bits per heavy atom. The average molecular weight is 403 g/mol. The maximum Gasteiger partial charge on any atom is 0.338 e. The summed E-state index contributed by atoms with van der Waals surface area (Å²) in [4.78, 5) is 33.2. The van der Waals surface area contributed by atoms with Crippen molar-refractivity contribution in [1.29, 1.82) is 0 Å². The van der Waals surface area contributed by atoms with Crippen LogP contribution in [-0.2, 0) is 9.53 Å². The second kappa shape index (κ2) is 7.86. The first-order valence-electron chi connectivity index (χ1n) is 8.57. The smallest absolute Gasteiger partial charge is 0.338 e. The van der Waals surface area contributed by atoms with Crippen LogP contribution in [0.3, 0.4) is 0 Å². The van der Waals surface area contributed by atoms with E-state index in [0.717, 1.165) is 11.8 Å². The molecule has 29 heavy (non-hydrogen) atoms. The van der Waals surface area contributed by atoms with E-state index in [-0.39, 0.29) is 5.56 Å². The third kappa shape index (κ3) is 4.18. The minimum absolute atomic E-state index is 0.147. The van der Waals surface area contributed by atoms with Gasteiger partial charge in [-0.3, -0.25) is 4.79 Å². The molecule has 0 aliphatic heterocycles. The number of carbonyl (C=O) groups is 2. The molecule has 0 saturated carbocycles. The van der Waals surface area contributed by atoms with Crippen LogP contribution in [0.5, 0.6) is 0 Å².